The lowest BCUT2D eigenvalue weighted by Crippen LogP contribution is -2.42. The normalized spacial score (nSPS) is 13.6. The molecule has 112 valence electrons. The van der Waals surface area contributed by atoms with E-state index in [9.17, 15) is 14.3 Å². The average molecular weight is 301 g/mol. The van der Waals surface area contributed by atoms with E-state index in [4.69, 9.17) is 4.74 Å². The molecule has 1 aromatic carbocycles. The molecule has 2 N–H and O–H groups in total. The Hall–Kier alpha value is -1.27. The van der Waals surface area contributed by atoms with Crippen LogP contribution in [0.4, 0.5) is 4.39 Å². The number of ether oxygens (including phenoxy) is 1. The van der Waals surface area contributed by atoms with Crippen molar-refractivity contribution in [2.24, 2.45) is 0 Å². The van der Waals surface area contributed by atoms with Crippen molar-refractivity contribution in [2.45, 2.75) is 18.9 Å². The highest BCUT2D eigenvalue weighted by Gasteiger charge is 2.20. The molecule has 1 aromatic rings. The summed E-state index contributed by atoms with van der Waals surface area (Å²) in [5, 5.41) is 12.6. The molecule has 0 aliphatic carbocycles. The van der Waals surface area contributed by atoms with Gasteiger partial charge in [0.2, 0.25) is 0 Å². The summed E-state index contributed by atoms with van der Waals surface area (Å²) in [6.45, 7) is 1.54. The largest absolute Gasteiger partial charge is 0.481 e. The Bertz CT molecular complexity index is 440. The van der Waals surface area contributed by atoms with Gasteiger partial charge in [0.1, 0.15) is 0 Å². The second-order valence-corrected chi connectivity index (χ2v) is 5.72. The van der Waals surface area contributed by atoms with Crippen molar-refractivity contribution in [2.75, 3.05) is 25.2 Å². The highest BCUT2D eigenvalue weighted by molar-refractivity contribution is 7.98. The van der Waals surface area contributed by atoms with E-state index in [1.165, 1.54) is 12.1 Å². The van der Waals surface area contributed by atoms with E-state index in [1.54, 1.807) is 30.8 Å². The number of aliphatic hydroxyl groups is 1. The maximum absolute atomic E-state index is 13.3. The van der Waals surface area contributed by atoms with Crippen LogP contribution in [0.1, 0.15) is 13.3 Å². The number of nitrogens with one attached hydrogen (secondary N) is 1. The van der Waals surface area contributed by atoms with Crippen molar-refractivity contribution in [3.8, 4) is 5.75 Å². The molecule has 0 spiro atoms. The highest BCUT2D eigenvalue weighted by atomic mass is 32.2. The Morgan fingerprint density at radius 1 is 1.50 bits per heavy atom. The second kappa shape index (κ2) is 8.11. The van der Waals surface area contributed by atoms with Crippen molar-refractivity contribution < 1.29 is 19.0 Å². The number of para-hydroxylation sites is 1. The van der Waals surface area contributed by atoms with E-state index in [-0.39, 0.29) is 18.9 Å². The third-order valence-corrected chi connectivity index (χ3v) is 3.32. The predicted octanol–water partition coefficient (Wildman–Crippen LogP) is 1.82. The van der Waals surface area contributed by atoms with E-state index >= 15 is 0 Å². The molecule has 0 bridgehead atoms. The van der Waals surface area contributed by atoms with Gasteiger partial charge < -0.3 is 15.2 Å². The summed E-state index contributed by atoms with van der Waals surface area (Å²) in [5.41, 5.74) is -0.948. The van der Waals surface area contributed by atoms with Gasteiger partial charge in [-0.1, -0.05) is 12.1 Å². The van der Waals surface area contributed by atoms with Crippen LogP contribution in [-0.2, 0) is 4.79 Å². The molecular weight excluding hydrogens is 281 g/mol. The first-order valence-electron chi connectivity index (χ1n) is 6.30. The minimum absolute atomic E-state index is 0.0387. The molecule has 4 nitrogen and oxygen atoms in total. The van der Waals surface area contributed by atoms with E-state index in [0.717, 1.165) is 5.75 Å². The van der Waals surface area contributed by atoms with Crippen LogP contribution >= 0.6 is 11.8 Å². The van der Waals surface area contributed by atoms with Gasteiger partial charge in [-0.05, 0) is 37.5 Å². The van der Waals surface area contributed by atoms with Crippen LogP contribution in [0.15, 0.2) is 24.3 Å². The standard InChI is InChI=1S/C14H20FNO3S/c1-14(18,7-8-20-2)10-16-13(17)9-19-12-6-4-3-5-11(12)15/h3-6,18H,7-10H2,1-2H3,(H,16,17)/t14-/m1/s1. The molecule has 0 radical (unpaired) electrons. The highest BCUT2D eigenvalue weighted by Crippen LogP contribution is 2.15. The smallest absolute Gasteiger partial charge is 0.258 e. The summed E-state index contributed by atoms with van der Waals surface area (Å²) < 4.78 is 18.3. The van der Waals surface area contributed by atoms with Crippen molar-refractivity contribution >= 4 is 17.7 Å². The summed E-state index contributed by atoms with van der Waals surface area (Å²) in [6.07, 6.45) is 2.54. The SMILES string of the molecule is CSCC[C@@](C)(O)CNC(=O)COc1ccccc1F. The Morgan fingerprint density at radius 2 is 2.20 bits per heavy atom. The summed E-state index contributed by atoms with van der Waals surface area (Å²) >= 11 is 1.63. The molecule has 0 aromatic heterocycles. The first-order valence-corrected chi connectivity index (χ1v) is 7.69. The predicted molar refractivity (Wildman–Crippen MR) is 78.5 cm³/mol. The summed E-state index contributed by atoms with van der Waals surface area (Å²) in [4.78, 5) is 11.6. The molecule has 1 amide bonds. The van der Waals surface area contributed by atoms with E-state index in [2.05, 4.69) is 5.32 Å². The van der Waals surface area contributed by atoms with Gasteiger partial charge >= 0.3 is 0 Å². The van der Waals surface area contributed by atoms with E-state index in [1.807, 2.05) is 6.26 Å². The number of hydrogen-bond donors (Lipinski definition) is 2. The minimum Gasteiger partial charge on any atom is -0.481 e. The van der Waals surface area contributed by atoms with Crippen LogP contribution in [0.25, 0.3) is 0 Å². The molecule has 0 fully saturated rings. The molecular formula is C14H20FNO3S. The maximum atomic E-state index is 13.3. The Kier molecular flexibility index (Phi) is 6.81. The fourth-order valence-electron chi connectivity index (χ4n) is 1.46. The molecule has 0 saturated carbocycles. The third kappa shape index (κ3) is 6.25. The zero-order chi connectivity index (χ0) is 15.0. The minimum atomic E-state index is -0.948. The summed E-state index contributed by atoms with van der Waals surface area (Å²) in [7, 11) is 0. The van der Waals surface area contributed by atoms with Crippen LogP contribution in [-0.4, -0.2) is 41.8 Å². The van der Waals surface area contributed by atoms with Crippen LogP contribution < -0.4 is 10.1 Å². The van der Waals surface area contributed by atoms with Gasteiger partial charge in [0.25, 0.3) is 5.91 Å². The van der Waals surface area contributed by atoms with Crippen molar-refractivity contribution in [1.29, 1.82) is 0 Å². The van der Waals surface area contributed by atoms with Gasteiger partial charge in [0, 0.05) is 6.54 Å². The molecule has 1 rings (SSSR count). The third-order valence-electron chi connectivity index (χ3n) is 2.71. The number of thioether (sulfide) groups is 1. The molecule has 0 saturated heterocycles. The number of halogens is 1. The van der Waals surface area contributed by atoms with Gasteiger partial charge in [-0.3, -0.25) is 4.79 Å². The second-order valence-electron chi connectivity index (χ2n) is 4.74. The first-order chi connectivity index (χ1) is 9.44. The van der Waals surface area contributed by atoms with Crippen LogP contribution in [0.3, 0.4) is 0 Å². The number of benzene rings is 1. The Morgan fingerprint density at radius 3 is 2.85 bits per heavy atom. The van der Waals surface area contributed by atoms with Crippen molar-refractivity contribution in [3.05, 3.63) is 30.1 Å². The molecule has 6 heteroatoms. The molecule has 0 heterocycles. The Labute approximate surface area is 122 Å². The van der Waals surface area contributed by atoms with Gasteiger partial charge in [-0.2, -0.15) is 11.8 Å². The zero-order valence-corrected chi connectivity index (χ0v) is 12.5. The lowest BCUT2D eigenvalue weighted by molar-refractivity contribution is -0.124. The quantitative estimate of drug-likeness (QED) is 0.769. The monoisotopic (exact) mass is 301 g/mol. The van der Waals surface area contributed by atoms with Gasteiger partial charge in [-0.25, -0.2) is 4.39 Å². The number of amides is 1. The van der Waals surface area contributed by atoms with Crippen molar-refractivity contribution in [3.63, 3.8) is 0 Å². The fourth-order valence-corrected chi connectivity index (χ4v) is 2.10. The van der Waals surface area contributed by atoms with Crippen molar-refractivity contribution in [1.82, 2.24) is 5.32 Å². The number of carbonyl (C=O) groups excluding carboxylic acids is 1. The fraction of sp³-hybridized carbons (Fsp3) is 0.500. The Balaban J connectivity index is 2.32. The van der Waals surface area contributed by atoms with Crippen LogP contribution in [0.2, 0.25) is 0 Å². The van der Waals surface area contributed by atoms with Gasteiger partial charge in [0.05, 0.1) is 5.60 Å². The van der Waals surface area contributed by atoms with Gasteiger partial charge in [-0.15, -0.1) is 0 Å². The maximum Gasteiger partial charge on any atom is 0.258 e. The molecule has 0 aliphatic rings. The molecule has 0 unspecified atom stereocenters. The van der Waals surface area contributed by atoms with Crippen LogP contribution in [0.5, 0.6) is 5.75 Å². The molecule has 0 aliphatic heterocycles. The number of hydrogen-bond acceptors (Lipinski definition) is 4. The topological polar surface area (TPSA) is 58.6 Å². The number of rotatable bonds is 8. The summed E-state index contributed by atoms with van der Waals surface area (Å²) in [6, 6.07) is 5.90. The van der Waals surface area contributed by atoms with Crippen LogP contribution in [0, 0.1) is 5.82 Å². The average Bonchev–Trinajstić information content (AvgIpc) is 2.42. The molecule has 1 atom stereocenters. The first kappa shape index (κ1) is 16.8. The lowest BCUT2D eigenvalue weighted by Gasteiger charge is -2.23. The lowest BCUT2D eigenvalue weighted by atomic mass is 10.0. The number of carbonyl (C=O) groups is 1. The van der Waals surface area contributed by atoms with Gasteiger partial charge in [0.15, 0.2) is 18.2 Å². The summed E-state index contributed by atoms with van der Waals surface area (Å²) in [5.74, 6) is -0.0454. The van der Waals surface area contributed by atoms with E-state index in [0.29, 0.717) is 6.42 Å². The van der Waals surface area contributed by atoms with E-state index < -0.39 is 17.3 Å². The molecule has 20 heavy (non-hydrogen) atoms. The zero-order valence-electron chi connectivity index (χ0n) is 11.7.